The smallest absolute Gasteiger partial charge is 0.251 e. The van der Waals surface area contributed by atoms with Crippen molar-refractivity contribution < 1.29 is 4.79 Å². The van der Waals surface area contributed by atoms with Crippen LogP contribution in [-0.2, 0) is 6.54 Å². The molecule has 0 saturated carbocycles. The number of amides is 1. The molecule has 5 heteroatoms. The molecule has 1 aromatic heterocycles. The van der Waals surface area contributed by atoms with E-state index in [-0.39, 0.29) is 11.9 Å². The van der Waals surface area contributed by atoms with Crippen molar-refractivity contribution in [2.24, 2.45) is 0 Å². The number of hydrogen-bond acceptors (Lipinski definition) is 4. The van der Waals surface area contributed by atoms with E-state index in [1.165, 1.54) is 0 Å². The molecule has 0 aliphatic heterocycles. The fourth-order valence-corrected chi connectivity index (χ4v) is 2.19. The largest absolute Gasteiger partial charge is 0.379 e. The number of anilines is 1. The summed E-state index contributed by atoms with van der Waals surface area (Å²) in [5.74, 6) is -0.0488. The first-order valence-electron chi connectivity index (χ1n) is 6.17. The summed E-state index contributed by atoms with van der Waals surface area (Å²) in [7, 11) is 0. The molecule has 2 rings (SSSR count). The Hall–Kier alpha value is -1.88. The first kappa shape index (κ1) is 13.5. The van der Waals surface area contributed by atoms with Gasteiger partial charge in [-0.25, -0.2) is 4.98 Å². The zero-order chi connectivity index (χ0) is 13.7. The predicted octanol–water partition coefficient (Wildman–Crippen LogP) is 2.89. The normalized spacial score (nSPS) is 10.5. The van der Waals surface area contributed by atoms with E-state index in [0.29, 0.717) is 12.1 Å². The number of benzene rings is 1. The third-order valence-electron chi connectivity index (χ3n) is 2.50. The van der Waals surface area contributed by atoms with Gasteiger partial charge in [-0.3, -0.25) is 4.79 Å². The monoisotopic (exact) mass is 275 g/mol. The number of aromatic nitrogens is 1. The number of rotatable bonds is 5. The van der Waals surface area contributed by atoms with Crippen molar-refractivity contribution in [1.29, 1.82) is 0 Å². The molecule has 0 radical (unpaired) electrons. The Morgan fingerprint density at radius 3 is 2.95 bits per heavy atom. The Balaban J connectivity index is 2.00. The number of thiazole rings is 1. The molecule has 0 bridgehead atoms. The van der Waals surface area contributed by atoms with E-state index in [0.717, 1.165) is 11.4 Å². The van der Waals surface area contributed by atoms with Gasteiger partial charge in [-0.15, -0.1) is 11.3 Å². The molecule has 1 amide bonds. The first-order valence-corrected chi connectivity index (χ1v) is 7.11. The predicted molar refractivity (Wildman–Crippen MR) is 78.5 cm³/mol. The van der Waals surface area contributed by atoms with Gasteiger partial charge in [-0.1, -0.05) is 6.07 Å². The van der Waals surface area contributed by atoms with Crippen LogP contribution in [0.4, 0.5) is 5.69 Å². The van der Waals surface area contributed by atoms with Gasteiger partial charge in [0.05, 0.1) is 17.7 Å². The highest BCUT2D eigenvalue weighted by molar-refractivity contribution is 7.07. The van der Waals surface area contributed by atoms with Crippen LogP contribution < -0.4 is 10.6 Å². The van der Waals surface area contributed by atoms with E-state index in [1.807, 2.05) is 49.0 Å². The summed E-state index contributed by atoms with van der Waals surface area (Å²) in [6, 6.07) is 7.62. The van der Waals surface area contributed by atoms with Gasteiger partial charge in [-0.05, 0) is 32.0 Å². The molecule has 0 aliphatic rings. The van der Waals surface area contributed by atoms with Crippen LogP contribution in [0.1, 0.15) is 29.9 Å². The van der Waals surface area contributed by atoms with Gasteiger partial charge in [0.15, 0.2) is 0 Å². The highest BCUT2D eigenvalue weighted by atomic mass is 32.1. The van der Waals surface area contributed by atoms with Crippen LogP contribution in [0.5, 0.6) is 0 Å². The molecule has 2 aromatic rings. The Bertz CT molecular complexity index is 537. The zero-order valence-electron chi connectivity index (χ0n) is 11.0. The van der Waals surface area contributed by atoms with Crippen LogP contribution in [0, 0.1) is 0 Å². The molecular weight excluding hydrogens is 258 g/mol. The Morgan fingerprint density at radius 2 is 2.26 bits per heavy atom. The number of carbonyl (C=O) groups excluding carboxylic acids is 1. The van der Waals surface area contributed by atoms with Gasteiger partial charge < -0.3 is 10.6 Å². The van der Waals surface area contributed by atoms with E-state index in [1.54, 1.807) is 11.3 Å². The van der Waals surface area contributed by atoms with Gasteiger partial charge in [-0.2, -0.15) is 0 Å². The van der Waals surface area contributed by atoms with Crippen molar-refractivity contribution in [3.8, 4) is 0 Å². The molecular formula is C14H17N3OS. The lowest BCUT2D eigenvalue weighted by Gasteiger charge is -2.10. The van der Waals surface area contributed by atoms with Crippen molar-refractivity contribution in [3.05, 3.63) is 46.4 Å². The van der Waals surface area contributed by atoms with Crippen LogP contribution in [0.15, 0.2) is 35.2 Å². The zero-order valence-corrected chi connectivity index (χ0v) is 11.8. The lowest BCUT2D eigenvalue weighted by atomic mass is 10.1. The van der Waals surface area contributed by atoms with Crippen LogP contribution in [-0.4, -0.2) is 16.9 Å². The average Bonchev–Trinajstić information content (AvgIpc) is 2.89. The van der Waals surface area contributed by atoms with Crippen LogP contribution in [0.3, 0.4) is 0 Å². The molecule has 0 unspecified atom stereocenters. The quantitative estimate of drug-likeness (QED) is 0.882. The van der Waals surface area contributed by atoms with Crippen molar-refractivity contribution in [3.63, 3.8) is 0 Å². The number of carbonyl (C=O) groups is 1. The lowest BCUT2D eigenvalue weighted by molar-refractivity contribution is 0.0943. The van der Waals surface area contributed by atoms with Gasteiger partial charge in [0.2, 0.25) is 0 Å². The molecule has 100 valence electrons. The molecule has 0 fully saturated rings. The summed E-state index contributed by atoms with van der Waals surface area (Å²) in [4.78, 5) is 16.1. The first-order chi connectivity index (χ1) is 9.15. The molecule has 0 aliphatic carbocycles. The summed E-state index contributed by atoms with van der Waals surface area (Å²) in [5, 5.41) is 8.14. The summed E-state index contributed by atoms with van der Waals surface area (Å²) in [6.07, 6.45) is 0. The summed E-state index contributed by atoms with van der Waals surface area (Å²) >= 11 is 1.57. The van der Waals surface area contributed by atoms with Gasteiger partial charge in [0.1, 0.15) is 0 Å². The maximum atomic E-state index is 11.9. The Labute approximate surface area is 116 Å². The molecule has 0 saturated heterocycles. The standard InChI is InChI=1S/C14H17N3OS/c1-10(2)17-14(18)11-4-3-5-12(6-11)15-7-13-8-19-9-16-13/h3-6,8-10,15H,7H2,1-2H3,(H,17,18). The van der Waals surface area contributed by atoms with E-state index in [9.17, 15) is 4.79 Å². The lowest BCUT2D eigenvalue weighted by Crippen LogP contribution is -2.30. The van der Waals surface area contributed by atoms with E-state index in [2.05, 4.69) is 15.6 Å². The maximum absolute atomic E-state index is 11.9. The van der Waals surface area contributed by atoms with Crippen LogP contribution in [0.2, 0.25) is 0 Å². The SMILES string of the molecule is CC(C)NC(=O)c1cccc(NCc2cscn2)c1. The molecule has 2 N–H and O–H groups in total. The second kappa shape index (κ2) is 6.33. The van der Waals surface area contributed by atoms with Crippen LogP contribution >= 0.6 is 11.3 Å². The second-order valence-electron chi connectivity index (χ2n) is 4.54. The van der Waals surface area contributed by atoms with Gasteiger partial charge in [0, 0.05) is 22.7 Å². The maximum Gasteiger partial charge on any atom is 0.251 e. The third-order valence-corrected chi connectivity index (χ3v) is 3.14. The fraction of sp³-hybridized carbons (Fsp3) is 0.286. The topological polar surface area (TPSA) is 54.0 Å². The van der Waals surface area contributed by atoms with E-state index < -0.39 is 0 Å². The molecule has 1 aromatic carbocycles. The molecule has 4 nitrogen and oxygen atoms in total. The summed E-state index contributed by atoms with van der Waals surface area (Å²) in [6.45, 7) is 4.56. The highest BCUT2D eigenvalue weighted by Crippen LogP contribution is 2.12. The molecule has 0 spiro atoms. The van der Waals surface area contributed by atoms with Crippen molar-refractivity contribution in [2.45, 2.75) is 26.4 Å². The molecule has 19 heavy (non-hydrogen) atoms. The summed E-state index contributed by atoms with van der Waals surface area (Å²) < 4.78 is 0. The number of hydrogen-bond donors (Lipinski definition) is 2. The van der Waals surface area contributed by atoms with Crippen molar-refractivity contribution >= 4 is 22.9 Å². The Morgan fingerprint density at radius 1 is 1.42 bits per heavy atom. The fourth-order valence-electron chi connectivity index (χ4n) is 1.63. The Kier molecular flexibility index (Phi) is 4.52. The molecule has 1 heterocycles. The van der Waals surface area contributed by atoms with Crippen molar-refractivity contribution in [2.75, 3.05) is 5.32 Å². The number of nitrogens with one attached hydrogen (secondary N) is 2. The molecule has 0 atom stereocenters. The van der Waals surface area contributed by atoms with Crippen molar-refractivity contribution in [1.82, 2.24) is 10.3 Å². The van der Waals surface area contributed by atoms with E-state index >= 15 is 0 Å². The second-order valence-corrected chi connectivity index (χ2v) is 5.26. The minimum absolute atomic E-state index is 0.0488. The van der Waals surface area contributed by atoms with Crippen LogP contribution in [0.25, 0.3) is 0 Å². The number of nitrogens with zero attached hydrogens (tertiary/aromatic N) is 1. The average molecular weight is 275 g/mol. The minimum Gasteiger partial charge on any atom is -0.379 e. The van der Waals surface area contributed by atoms with Gasteiger partial charge in [0.25, 0.3) is 5.91 Å². The highest BCUT2D eigenvalue weighted by Gasteiger charge is 2.07. The van der Waals surface area contributed by atoms with Gasteiger partial charge >= 0.3 is 0 Å². The minimum atomic E-state index is -0.0488. The summed E-state index contributed by atoms with van der Waals surface area (Å²) in [5.41, 5.74) is 4.40. The third kappa shape index (κ3) is 4.06. The van der Waals surface area contributed by atoms with E-state index in [4.69, 9.17) is 0 Å².